The maximum atomic E-state index is 12.5. The largest absolute Gasteiger partial charge is 0.385 e. The Labute approximate surface area is 145 Å². The summed E-state index contributed by atoms with van der Waals surface area (Å²) in [5.41, 5.74) is 1.49. The monoisotopic (exact) mass is 368 g/mol. The maximum Gasteiger partial charge on any atom is 0.263 e. The molecule has 0 unspecified atom stereocenters. The lowest BCUT2D eigenvalue weighted by molar-refractivity contribution is 0.0949. The first kappa shape index (κ1) is 18.4. The van der Waals surface area contributed by atoms with Gasteiger partial charge in [-0.15, -0.1) is 11.3 Å². The number of nitrogens with one attached hydrogen (secondary N) is 2. The third-order valence-electron chi connectivity index (χ3n) is 3.24. The predicted octanol–water partition coefficient (Wildman–Crippen LogP) is 2.62. The number of methoxy groups -OCH3 is 1. The molecule has 2 rings (SSSR count). The SMILES string of the molecule is COCCCNC(=O)c1sccc1S(=O)(=O)Nc1ccc(C)cc1. The molecule has 1 amide bonds. The highest BCUT2D eigenvalue weighted by Crippen LogP contribution is 2.24. The predicted molar refractivity (Wildman–Crippen MR) is 95.1 cm³/mol. The van der Waals surface area contributed by atoms with E-state index in [0.717, 1.165) is 16.9 Å². The summed E-state index contributed by atoms with van der Waals surface area (Å²) in [6.45, 7) is 2.88. The summed E-state index contributed by atoms with van der Waals surface area (Å²) in [7, 11) is -2.23. The molecule has 0 radical (unpaired) electrons. The second-order valence-corrected chi connectivity index (χ2v) is 7.75. The van der Waals surface area contributed by atoms with Gasteiger partial charge in [-0.1, -0.05) is 17.7 Å². The molecule has 6 nitrogen and oxygen atoms in total. The van der Waals surface area contributed by atoms with E-state index in [2.05, 4.69) is 10.0 Å². The van der Waals surface area contributed by atoms with Crippen molar-refractivity contribution in [2.75, 3.05) is 25.0 Å². The van der Waals surface area contributed by atoms with Crippen LogP contribution in [0.2, 0.25) is 0 Å². The molecule has 8 heteroatoms. The number of hydrogen-bond acceptors (Lipinski definition) is 5. The molecule has 0 spiro atoms. The molecule has 1 aromatic heterocycles. The van der Waals surface area contributed by atoms with E-state index in [-0.39, 0.29) is 9.77 Å². The number of hydrogen-bond donors (Lipinski definition) is 2. The summed E-state index contributed by atoms with van der Waals surface area (Å²) >= 11 is 1.10. The highest BCUT2D eigenvalue weighted by molar-refractivity contribution is 7.93. The summed E-state index contributed by atoms with van der Waals surface area (Å²) in [6, 6.07) is 8.43. The number of thiophene rings is 1. The van der Waals surface area contributed by atoms with Crippen LogP contribution in [0.15, 0.2) is 40.6 Å². The number of aryl methyl sites for hydroxylation is 1. The number of carbonyl (C=O) groups excluding carboxylic acids is 1. The van der Waals surface area contributed by atoms with Crippen LogP contribution < -0.4 is 10.0 Å². The molecule has 0 saturated carbocycles. The van der Waals surface area contributed by atoms with Crippen molar-refractivity contribution in [1.29, 1.82) is 0 Å². The van der Waals surface area contributed by atoms with Gasteiger partial charge in [-0.25, -0.2) is 8.42 Å². The Hall–Kier alpha value is -1.90. The highest BCUT2D eigenvalue weighted by Gasteiger charge is 2.24. The lowest BCUT2D eigenvalue weighted by Crippen LogP contribution is -2.26. The molecule has 0 aliphatic heterocycles. The lowest BCUT2D eigenvalue weighted by Gasteiger charge is -2.09. The van der Waals surface area contributed by atoms with E-state index in [9.17, 15) is 13.2 Å². The fourth-order valence-corrected chi connectivity index (χ4v) is 4.41. The molecule has 1 aromatic carbocycles. The Bertz CT molecular complexity index is 783. The lowest BCUT2D eigenvalue weighted by atomic mass is 10.2. The zero-order valence-corrected chi connectivity index (χ0v) is 15.2. The minimum Gasteiger partial charge on any atom is -0.385 e. The van der Waals surface area contributed by atoms with Crippen molar-refractivity contribution < 1.29 is 17.9 Å². The van der Waals surface area contributed by atoms with Crippen molar-refractivity contribution in [2.45, 2.75) is 18.2 Å². The van der Waals surface area contributed by atoms with E-state index < -0.39 is 15.9 Å². The molecule has 0 aliphatic rings. The Balaban J connectivity index is 2.12. The third kappa shape index (κ3) is 4.80. The maximum absolute atomic E-state index is 12.5. The topological polar surface area (TPSA) is 84.5 Å². The molecule has 0 bridgehead atoms. The van der Waals surface area contributed by atoms with Gasteiger partial charge < -0.3 is 10.1 Å². The molecule has 1 heterocycles. The summed E-state index contributed by atoms with van der Waals surface area (Å²) in [4.78, 5) is 12.4. The van der Waals surface area contributed by atoms with Crippen LogP contribution in [-0.2, 0) is 14.8 Å². The van der Waals surface area contributed by atoms with Crippen LogP contribution in [0, 0.1) is 6.92 Å². The Kier molecular flexibility index (Phi) is 6.36. The normalized spacial score (nSPS) is 11.2. The Morgan fingerprint density at radius 1 is 1.21 bits per heavy atom. The Morgan fingerprint density at radius 3 is 2.58 bits per heavy atom. The molecule has 0 atom stereocenters. The van der Waals surface area contributed by atoms with Gasteiger partial charge in [0.15, 0.2) is 0 Å². The van der Waals surface area contributed by atoms with Crippen molar-refractivity contribution in [3.63, 3.8) is 0 Å². The molecule has 24 heavy (non-hydrogen) atoms. The van der Waals surface area contributed by atoms with Crippen molar-refractivity contribution >= 4 is 33.0 Å². The van der Waals surface area contributed by atoms with E-state index >= 15 is 0 Å². The average molecular weight is 368 g/mol. The zero-order valence-electron chi connectivity index (χ0n) is 13.5. The van der Waals surface area contributed by atoms with Crippen molar-refractivity contribution in [2.24, 2.45) is 0 Å². The molecule has 0 aliphatic carbocycles. The van der Waals surface area contributed by atoms with Crippen LogP contribution >= 0.6 is 11.3 Å². The number of benzene rings is 1. The van der Waals surface area contributed by atoms with Gasteiger partial charge in [0.25, 0.3) is 15.9 Å². The van der Waals surface area contributed by atoms with Gasteiger partial charge in [-0.2, -0.15) is 0 Å². The van der Waals surface area contributed by atoms with Crippen LogP contribution in [0.4, 0.5) is 5.69 Å². The molecule has 130 valence electrons. The van der Waals surface area contributed by atoms with Gasteiger partial charge in [0.05, 0.1) is 0 Å². The minimum absolute atomic E-state index is 0.0164. The molecule has 0 fully saturated rings. The van der Waals surface area contributed by atoms with E-state index in [1.165, 1.54) is 6.07 Å². The first-order valence-electron chi connectivity index (χ1n) is 7.38. The number of anilines is 1. The fraction of sp³-hybridized carbons (Fsp3) is 0.312. The molecule has 2 N–H and O–H groups in total. The highest BCUT2D eigenvalue weighted by atomic mass is 32.2. The van der Waals surface area contributed by atoms with Crippen molar-refractivity contribution in [3.8, 4) is 0 Å². The van der Waals surface area contributed by atoms with Crippen molar-refractivity contribution in [3.05, 3.63) is 46.2 Å². The van der Waals surface area contributed by atoms with E-state index in [4.69, 9.17) is 4.74 Å². The number of amides is 1. The van der Waals surface area contributed by atoms with E-state index in [0.29, 0.717) is 25.3 Å². The molecule has 0 saturated heterocycles. The second-order valence-electron chi connectivity index (χ2n) is 5.19. The van der Waals surface area contributed by atoms with Crippen LogP contribution in [0.25, 0.3) is 0 Å². The Morgan fingerprint density at radius 2 is 1.92 bits per heavy atom. The first-order chi connectivity index (χ1) is 11.4. The standard InChI is InChI=1S/C16H20N2O4S2/c1-12-4-6-13(7-5-12)18-24(20,21)14-8-11-23-15(14)16(19)17-9-3-10-22-2/h4-8,11,18H,3,9-10H2,1-2H3,(H,17,19). The second kappa shape index (κ2) is 8.27. The minimum atomic E-state index is -3.82. The summed E-state index contributed by atoms with van der Waals surface area (Å²) in [5, 5.41) is 4.29. The van der Waals surface area contributed by atoms with Gasteiger partial charge >= 0.3 is 0 Å². The number of carbonyl (C=O) groups is 1. The smallest absolute Gasteiger partial charge is 0.263 e. The van der Waals surface area contributed by atoms with E-state index in [1.807, 2.05) is 19.1 Å². The summed E-state index contributed by atoms with van der Waals surface area (Å²) in [5.74, 6) is -0.398. The zero-order chi connectivity index (χ0) is 17.6. The van der Waals surface area contributed by atoms with Crippen LogP contribution in [0.3, 0.4) is 0 Å². The fourth-order valence-electron chi connectivity index (χ4n) is 2.01. The van der Waals surface area contributed by atoms with Crippen molar-refractivity contribution in [1.82, 2.24) is 5.32 Å². The summed E-state index contributed by atoms with van der Waals surface area (Å²) < 4.78 is 32.5. The van der Waals surface area contributed by atoms with Crippen LogP contribution in [0.5, 0.6) is 0 Å². The van der Waals surface area contributed by atoms with Gasteiger partial charge in [0, 0.05) is 25.9 Å². The quantitative estimate of drug-likeness (QED) is 0.702. The van der Waals surface area contributed by atoms with Gasteiger partial charge in [-0.05, 0) is 36.9 Å². The van der Waals surface area contributed by atoms with E-state index in [1.54, 1.807) is 24.6 Å². The van der Waals surface area contributed by atoms with Gasteiger partial charge in [0.1, 0.15) is 9.77 Å². The average Bonchev–Trinajstić information content (AvgIpc) is 3.04. The van der Waals surface area contributed by atoms with Crippen LogP contribution in [0.1, 0.15) is 21.7 Å². The molecular weight excluding hydrogens is 348 g/mol. The number of sulfonamides is 1. The molecular formula is C16H20N2O4S2. The number of rotatable bonds is 8. The van der Waals surface area contributed by atoms with Crippen LogP contribution in [-0.4, -0.2) is 34.6 Å². The number of ether oxygens (including phenoxy) is 1. The third-order valence-corrected chi connectivity index (χ3v) is 5.71. The first-order valence-corrected chi connectivity index (χ1v) is 9.74. The van der Waals surface area contributed by atoms with Gasteiger partial charge in [0.2, 0.25) is 0 Å². The summed E-state index contributed by atoms with van der Waals surface area (Å²) in [6.07, 6.45) is 0.664. The molecule has 2 aromatic rings. The van der Waals surface area contributed by atoms with Gasteiger partial charge in [-0.3, -0.25) is 9.52 Å².